The van der Waals surface area contributed by atoms with E-state index in [1.165, 1.54) is 11.1 Å². The Kier molecular flexibility index (Phi) is 7.25. The smallest absolute Gasteiger partial charge is 0.127 e. The lowest BCUT2D eigenvalue weighted by atomic mass is 9.89. The Morgan fingerprint density at radius 2 is 0.833 bits per heavy atom. The van der Waals surface area contributed by atoms with Crippen molar-refractivity contribution in [3.05, 3.63) is 120 Å². The van der Waals surface area contributed by atoms with Crippen LogP contribution in [0.25, 0.3) is 0 Å². The van der Waals surface area contributed by atoms with Crippen LogP contribution in [0, 0.1) is 0 Å². The lowest BCUT2D eigenvalue weighted by molar-refractivity contribution is 0.482. The quantitative estimate of drug-likeness (QED) is 0.344. The third-order valence-corrected chi connectivity index (χ3v) is 4.93. The molecule has 3 N–H and O–H groups in total. The molecular formula is C27H27NO2. The van der Waals surface area contributed by atoms with Gasteiger partial charge in [0.25, 0.3) is 0 Å². The van der Waals surface area contributed by atoms with Crippen molar-refractivity contribution >= 4 is 0 Å². The molecule has 0 aliphatic heterocycles. The summed E-state index contributed by atoms with van der Waals surface area (Å²) in [4.78, 5) is 0. The van der Waals surface area contributed by atoms with Crippen LogP contribution in [0.15, 0.2) is 109 Å². The standard InChI is InChI=1S/C27H24O2.H3N/c1-2-27(21-13-17-25(18-14-21)28-23-9-5-3-6-10-23)22-15-19-26(20-16-22)29-24-11-7-4-8-12-24;/h3-20,27H,2H2,1H3;1H3. The summed E-state index contributed by atoms with van der Waals surface area (Å²) < 4.78 is 11.8. The van der Waals surface area contributed by atoms with Crippen molar-refractivity contribution in [3.8, 4) is 23.0 Å². The molecule has 0 bridgehead atoms. The van der Waals surface area contributed by atoms with Gasteiger partial charge in [0, 0.05) is 5.92 Å². The SMILES string of the molecule is CCC(c1ccc(Oc2ccccc2)cc1)c1ccc(Oc2ccccc2)cc1.N. The van der Waals surface area contributed by atoms with Gasteiger partial charge >= 0.3 is 0 Å². The highest BCUT2D eigenvalue weighted by Gasteiger charge is 2.13. The van der Waals surface area contributed by atoms with E-state index in [4.69, 9.17) is 9.47 Å². The van der Waals surface area contributed by atoms with Gasteiger partial charge in [-0.15, -0.1) is 0 Å². The molecule has 0 atom stereocenters. The summed E-state index contributed by atoms with van der Waals surface area (Å²) >= 11 is 0. The zero-order valence-corrected chi connectivity index (χ0v) is 17.2. The fraction of sp³-hybridized carbons (Fsp3) is 0.111. The molecule has 0 heterocycles. The highest BCUT2D eigenvalue weighted by Crippen LogP contribution is 2.32. The fourth-order valence-electron chi connectivity index (χ4n) is 3.45. The Morgan fingerprint density at radius 1 is 0.500 bits per heavy atom. The first-order valence-electron chi connectivity index (χ1n) is 9.97. The van der Waals surface area contributed by atoms with Crippen LogP contribution < -0.4 is 15.6 Å². The predicted molar refractivity (Wildman–Crippen MR) is 123 cm³/mol. The molecule has 152 valence electrons. The van der Waals surface area contributed by atoms with Crippen molar-refractivity contribution in [3.63, 3.8) is 0 Å². The Labute approximate surface area is 178 Å². The van der Waals surface area contributed by atoms with Gasteiger partial charge in [-0.3, -0.25) is 0 Å². The second kappa shape index (κ2) is 10.3. The van der Waals surface area contributed by atoms with Crippen molar-refractivity contribution in [2.45, 2.75) is 19.3 Å². The molecule has 0 spiro atoms. The molecule has 0 aliphatic carbocycles. The number of ether oxygens (including phenoxy) is 2. The van der Waals surface area contributed by atoms with Crippen molar-refractivity contribution in [1.29, 1.82) is 0 Å². The Balaban J connectivity index is 0.00000256. The van der Waals surface area contributed by atoms with E-state index < -0.39 is 0 Å². The van der Waals surface area contributed by atoms with E-state index in [1.54, 1.807) is 0 Å². The normalized spacial score (nSPS) is 10.3. The predicted octanol–water partition coefficient (Wildman–Crippen LogP) is 7.98. The second-order valence-corrected chi connectivity index (χ2v) is 6.93. The second-order valence-electron chi connectivity index (χ2n) is 6.93. The number of para-hydroxylation sites is 2. The maximum atomic E-state index is 5.91. The van der Waals surface area contributed by atoms with E-state index in [-0.39, 0.29) is 6.15 Å². The van der Waals surface area contributed by atoms with Gasteiger partial charge in [0.1, 0.15) is 23.0 Å². The average molecular weight is 398 g/mol. The molecule has 0 amide bonds. The van der Waals surface area contributed by atoms with Crippen molar-refractivity contribution in [1.82, 2.24) is 6.15 Å². The van der Waals surface area contributed by atoms with Crippen molar-refractivity contribution < 1.29 is 9.47 Å². The lowest BCUT2D eigenvalue weighted by Crippen LogP contribution is -1.99. The number of benzene rings is 4. The summed E-state index contributed by atoms with van der Waals surface area (Å²) in [6.07, 6.45) is 1.03. The van der Waals surface area contributed by atoms with Crippen LogP contribution in [0.3, 0.4) is 0 Å². The van der Waals surface area contributed by atoms with Gasteiger partial charge in [-0.05, 0) is 66.1 Å². The van der Waals surface area contributed by atoms with Crippen LogP contribution in [-0.4, -0.2) is 0 Å². The molecule has 4 aromatic rings. The van der Waals surface area contributed by atoms with E-state index in [0.717, 1.165) is 29.4 Å². The van der Waals surface area contributed by atoms with E-state index in [1.807, 2.05) is 84.9 Å². The van der Waals surface area contributed by atoms with Gasteiger partial charge in [0.2, 0.25) is 0 Å². The molecule has 4 aromatic carbocycles. The zero-order chi connectivity index (χ0) is 19.9. The molecule has 4 rings (SSSR count). The maximum Gasteiger partial charge on any atom is 0.127 e. The van der Waals surface area contributed by atoms with Crippen LogP contribution in [0.5, 0.6) is 23.0 Å². The Morgan fingerprint density at radius 3 is 1.17 bits per heavy atom. The first-order valence-corrected chi connectivity index (χ1v) is 9.97. The monoisotopic (exact) mass is 397 g/mol. The van der Waals surface area contributed by atoms with E-state index >= 15 is 0 Å². The Hall–Kier alpha value is -3.56. The van der Waals surface area contributed by atoms with Crippen LogP contribution in [-0.2, 0) is 0 Å². The number of hydrogen-bond acceptors (Lipinski definition) is 3. The van der Waals surface area contributed by atoms with E-state index in [9.17, 15) is 0 Å². The number of rotatable bonds is 7. The molecule has 0 fully saturated rings. The summed E-state index contributed by atoms with van der Waals surface area (Å²) in [5.41, 5.74) is 2.56. The molecule has 0 saturated heterocycles. The summed E-state index contributed by atoms with van der Waals surface area (Å²) in [5.74, 6) is 3.73. The average Bonchev–Trinajstić information content (AvgIpc) is 2.78. The highest BCUT2D eigenvalue weighted by molar-refractivity contribution is 5.40. The third kappa shape index (κ3) is 5.28. The van der Waals surface area contributed by atoms with Crippen molar-refractivity contribution in [2.24, 2.45) is 0 Å². The van der Waals surface area contributed by atoms with E-state index in [2.05, 4.69) is 31.2 Å². The fourth-order valence-corrected chi connectivity index (χ4v) is 3.45. The molecule has 30 heavy (non-hydrogen) atoms. The molecule has 3 nitrogen and oxygen atoms in total. The van der Waals surface area contributed by atoms with Crippen LogP contribution in [0.4, 0.5) is 0 Å². The maximum absolute atomic E-state index is 5.91. The minimum Gasteiger partial charge on any atom is -0.457 e. The van der Waals surface area contributed by atoms with Gasteiger partial charge in [0.15, 0.2) is 0 Å². The highest BCUT2D eigenvalue weighted by atomic mass is 16.5. The first kappa shape index (κ1) is 21.2. The van der Waals surface area contributed by atoms with Gasteiger partial charge in [-0.25, -0.2) is 0 Å². The van der Waals surface area contributed by atoms with Crippen LogP contribution in [0.1, 0.15) is 30.4 Å². The van der Waals surface area contributed by atoms with Gasteiger partial charge in [0.05, 0.1) is 0 Å². The summed E-state index contributed by atoms with van der Waals surface area (Å²) in [6.45, 7) is 2.22. The summed E-state index contributed by atoms with van der Waals surface area (Å²) in [7, 11) is 0. The van der Waals surface area contributed by atoms with Crippen LogP contribution >= 0.6 is 0 Å². The lowest BCUT2D eigenvalue weighted by Gasteiger charge is -2.17. The molecular weight excluding hydrogens is 370 g/mol. The molecule has 0 aliphatic rings. The third-order valence-electron chi connectivity index (χ3n) is 4.93. The molecule has 0 radical (unpaired) electrons. The van der Waals surface area contributed by atoms with Gasteiger partial charge in [-0.2, -0.15) is 0 Å². The van der Waals surface area contributed by atoms with Crippen molar-refractivity contribution in [2.75, 3.05) is 0 Å². The molecule has 0 aromatic heterocycles. The van der Waals surface area contributed by atoms with Crippen LogP contribution in [0.2, 0.25) is 0 Å². The minimum absolute atomic E-state index is 0. The summed E-state index contributed by atoms with van der Waals surface area (Å²) in [5, 5.41) is 0. The van der Waals surface area contributed by atoms with Gasteiger partial charge in [-0.1, -0.05) is 67.6 Å². The first-order chi connectivity index (χ1) is 14.3. The zero-order valence-electron chi connectivity index (χ0n) is 17.2. The Bertz CT molecular complexity index is 929. The number of hydrogen-bond donors (Lipinski definition) is 1. The molecule has 3 heteroatoms. The topological polar surface area (TPSA) is 53.5 Å². The van der Waals surface area contributed by atoms with E-state index in [0.29, 0.717) is 5.92 Å². The molecule has 0 saturated carbocycles. The largest absolute Gasteiger partial charge is 0.457 e. The van der Waals surface area contributed by atoms with Gasteiger partial charge < -0.3 is 15.6 Å². The summed E-state index contributed by atoms with van der Waals surface area (Å²) in [6, 6.07) is 36.5. The minimum atomic E-state index is 0. The molecule has 0 unspecified atom stereocenters.